The summed E-state index contributed by atoms with van der Waals surface area (Å²) in [7, 11) is 0. The van der Waals surface area contributed by atoms with E-state index in [4.69, 9.17) is 4.74 Å². The number of amides is 1. The molecular weight excluding hydrogens is 412 g/mol. The lowest BCUT2D eigenvalue weighted by atomic mass is 9.87. The van der Waals surface area contributed by atoms with Crippen LogP contribution < -0.4 is 9.64 Å². The molecule has 1 saturated heterocycles. The standard InChI is InChI=1S/C27H32N4O2/c1-20-5-7-21(8-6-20)24-13-14-25(29-28-24)30-15-17-31(18-16-30)26(32)19-33-23-11-9-22(10-12-23)27(2,3)4/h5-14H,15-19H2,1-4H3. The summed E-state index contributed by atoms with van der Waals surface area (Å²) in [5.74, 6) is 1.57. The number of piperazine rings is 1. The molecule has 3 aromatic rings. The van der Waals surface area contributed by atoms with Gasteiger partial charge in [-0.2, -0.15) is 0 Å². The van der Waals surface area contributed by atoms with E-state index in [-0.39, 0.29) is 17.9 Å². The smallest absolute Gasteiger partial charge is 0.260 e. The van der Waals surface area contributed by atoms with Crippen molar-refractivity contribution in [1.29, 1.82) is 0 Å². The molecule has 2 heterocycles. The third kappa shape index (κ3) is 5.69. The Hall–Kier alpha value is -3.41. The lowest BCUT2D eigenvalue weighted by Gasteiger charge is -2.35. The molecule has 0 unspecified atom stereocenters. The summed E-state index contributed by atoms with van der Waals surface area (Å²) >= 11 is 0. The summed E-state index contributed by atoms with van der Waals surface area (Å²) in [6, 6.07) is 20.3. The van der Waals surface area contributed by atoms with Crippen molar-refractivity contribution in [1.82, 2.24) is 15.1 Å². The maximum Gasteiger partial charge on any atom is 0.260 e. The molecule has 1 fully saturated rings. The number of hydrogen-bond acceptors (Lipinski definition) is 5. The molecule has 0 aliphatic carbocycles. The van der Waals surface area contributed by atoms with Gasteiger partial charge in [0, 0.05) is 31.7 Å². The molecule has 0 N–H and O–H groups in total. The molecule has 1 aliphatic heterocycles. The number of aromatic nitrogens is 2. The zero-order valence-electron chi connectivity index (χ0n) is 19.9. The van der Waals surface area contributed by atoms with Crippen LogP contribution in [0.25, 0.3) is 11.3 Å². The van der Waals surface area contributed by atoms with Gasteiger partial charge in [0.2, 0.25) is 0 Å². The summed E-state index contributed by atoms with van der Waals surface area (Å²) in [4.78, 5) is 16.6. The fraction of sp³-hybridized carbons (Fsp3) is 0.370. The van der Waals surface area contributed by atoms with Gasteiger partial charge in [-0.3, -0.25) is 4.79 Å². The van der Waals surface area contributed by atoms with E-state index in [1.807, 2.05) is 29.2 Å². The second-order valence-electron chi connectivity index (χ2n) is 9.57. The number of anilines is 1. The molecule has 1 aromatic heterocycles. The van der Waals surface area contributed by atoms with Gasteiger partial charge in [0.25, 0.3) is 5.91 Å². The molecule has 0 radical (unpaired) electrons. The number of carbonyl (C=O) groups excluding carboxylic acids is 1. The van der Waals surface area contributed by atoms with Gasteiger partial charge in [-0.15, -0.1) is 10.2 Å². The topological polar surface area (TPSA) is 58.6 Å². The Labute approximate surface area is 196 Å². The van der Waals surface area contributed by atoms with Gasteiger partial charge in [-0.25, -0.2) is 0 Å². The van der Waals surface area contributed by atoms with Crippen LogP contribution in [0.1, 0.15) is 31.9 Å². The van der Waals surface area contributed by atoms with E-state index in [0.29, 0.717) is 13.1 Å². The largest absolute Gasteiger partial charge is 0.484 e. The van der Waals surface area contributed by atoms with Crippen LogP contribution in [0.4, 0.5) is 5.82 Å². The van der Waals surface area contributed by atoms with Gasteiger partial charge in [-0.05, 0) is 42.2 Å². The molecule has 4 rings (SSSR count). The van der Waals surface area contributed by atoms with Gasteiger partial charge in [0.1, 0.15) is 5.75 Å². The molecule has 0 saturated carbocycles. The van der Waals surface area contributed by atoms with Crippen molar-refractivity contribution in [3.63, 3.8) is 0 Å². The van der Waals surface area contributed by atoms with Gasteiger partial charge in [0.05, 0.1) is 5.69 Å². The maximum absolute atomic E-state index is 12.6. The summed E-state index contributed by atoms with van der Waals surface area (Å²) in [5, 5.41) is 8.82. The molecule has 1 aliphatic rings. The van der Waals surface area contributed by atoms with Crippen LogP contribution in [-0.4, -0.2) is 53.8 Å². The van der Waals surface area contributed by atoms with Crippen molar-refractivity contribution in [3.8, 4) is 17.0 Å². The Morgan fingerprint density at radius 2 is 1.55 bits per heavy atom. The lowest BCUT2D eigenvalue weighted by molar-refractivity contribution is -0.133. The maximum atomic E-state index is 12.6. The number of carbonyl (C=O) groups is 1. The number of rotatable bonds is 5. The molecular formula is C27H32N4O2. The number of benzene rings is 2. The molecule has 0 bridgehead atoms. The Morgan fingerprint density at radius 3 is 2.12 bits per heavy atom. The molecule has 33 heavy (non-hydrogen) atoms. The van der Waals surface area contributed by atoms with E-state index in [2.05, 4.69) is 79.2 Å². The fourth-order valence-corrected chi connectivity index (χ4v) is 3.84. The number of ether oxygens (including phenoxy) is 1. The van der Waals surface area contributed by atoms with Crippen LogP contribution in [0.5, 0.6) is 5.75 Å². The first-order valence-corrected chi connectivity index (χ1v) is 11.5. The quantitative estimate of drug-likeness (QED) is 0.581. The normalized spacial score (nSPS) is 14.3. The highest BCUT2D eigenvalue weighted by atomic mass is 16.5. The summed E-state index contributed by atoms with van der Waals surface area (Å²) < 4.78 is 5.74. The zero-order valence-corrected chi connectivity index (χ0v) is 19.9. The minimum atomic E-state index is 0.00958. The average molecular weight is 445 g/mol. The van der Waals surface area contributed by atoms with E-state index in [1.165, 1.54) is 11.1 Å². The van der Waals surface area contributed by atoms with E-state index in [0.717, 1.165) is 35.9 Å². The molecule has 0 atom stereocenters. The predicted octanol–water partition coefficient (Wildman–Crippen LogP) is 4.48. The average Bonchev–Trinajstić information content (AvgIpc) is 2.83. The van der Waals surface area contributed by atoms with Crippen molar-refractivity contribution in [2.75, 3.05) is 37.7 Å². The van der Waals surface area contributed by atoms with Crippen molar-refractivity contribution >= 4 is 11.7 Å². The van der Waals surface area contributed by atoms with Crippen LogP contribution >= 0.6 is 0 Å². The van der Waals surface area contributed by atoms with Crippen LogP contribution in [0.3, 0.4) is 0 Å². The van der Waals surface area contributed by atoms with Crippen LogP contribution in [0.2, 0.25) is 0 Å². The first kappa shape index (κ1) is 22.8. The van der Waals surface area contributed by atoms with E-state index < -0.39 is 0 Å². The third-order valence-corrected chi connectivity index (χ3v) is 6.04. The number of hydrogen-bond donors (Lipinski definition) is 0. The summed E-state index contributed by atoms with van der Waals surface area (Å²) in [6.45, 7) is 11.4. The Balaban J connectivity index is 1.27. The second-order valence-corrected chi connectivity index (χ2v) is 9.57. The summed E-state index contributed by atoms with van der Waals surface area (Å²) in [6.07, 6.45) is 0. The van der Waals surface area contributed by atoms with Crippen LogP contribution in [0, 0.1) is 6.92 Å². The summed E-state index contributed by atoms with van der Waals surface area (Å²) in [5.41, 5.74) is 4.48. The molecule has 2 aromatic carbocycles. The Bertz CT molecular complexity index is 1060. The van der Waals surface area contributed by atoms with Gasteiger partial charge in [-0.1, -0.05) is 62.7 Å². The monoisotopic (exact) mass is 444 g/mol. The van der Waals surface area contributed by atoms with Crippen LogP contribution in [0.15, 0.2) is 60.7 Å². The SMILES string of the molecule is Cc1ccc(-c2ccc(N3CCN(C(=O)COc4ccc(C(C)(C)C)cc4)CC3)nn2)cc1. The first-order valence-electron chi connectivity index (χ1n) is 11.5. The second kappa shape index (κ2) is 9.61. The molecule has 0 spiro atoms. The van der Waals surface area contributed by atoms with Crippen molar-refractivity contribution in [2.24, 2.45) is 0 Å². The first-order chi connectivity index (χ1) is 15.8. The van der Waals surface area contributed by atoms with Crippen molar-refractivity contribution in [2.45, 2.75) is 33.1 Å². The highest BCUT2D eigenvalue weighted by Crippen LogP contribution is 2.24. The van der Waals surface area contributed by atoms with E-state index in [1.54, 1.807) is 0 Å². The number of aryl methyl sites for hydroxylation is 1. The van der Waals surface area contributed by atoms with Crippen molar-refractivity contribution in [3.05, 3.63) is 71.8 Å². The number of nitrogens with zero attached hydrogens (tertiary/aromatic N) is 4. The Kier molecular flexibility index (Phi) is 6.63. The minimum absolute atomic E-state index is 0.00958. The van der Waals surface area contributed by atoms with Crippen molar-refractivity contribution < 1.29 is 9.53 Å². The predicted molar refractivity (Wildman–Crippen MR) is 132 cm³/mol. The lowest BCUT2D eigenvalue weighted by Crippen LogP contribution is -2.50. The highest BCUT2D eigenvalue weighted by Gasteiger charge is 2.22. The van der Waals surface area contributed by atoms with Crippen LogP contribution in [-0.2, 0) is 10.2 Å². The van der Waals surface area contributed by atoms with Gasteiger partial charge in [0.15, 0.2) is 12.4 Å². The minimum Gasteiger partial charge on any atom is -0.484 e. The van der Waals surface area contributed by atoms with E-state index >= 15 is 0 Å². The molecule has 6 nitrogen and oxygen atoms in total. The molecule has 172 valence electrons. The molecule has 1 amide bonds. The third-order valence-electron chi connectivity index (χ3n) is 6.04. The Morgan fingerprint density at radius 1 is 0.879 bits per heavy atom. The zero-order chi connectivity index (χ0) is 23.4. The molecule has 6 heteroatoms. The van der Waals surface area contributed by atoms with E-state index in [9.17, 15) is 4.79 Å². The van der Waals surface area contributed by atoms with Gasteiger partial charge >= 0.3 is 0 Å². The highest BCUT2D eigenvalue weighted by molar-refractivity contribution is 5.78. The fourth-order valence-electron chi connectivity index (χ4n) is 3.84. The van der Waals surface area contributed by atoms with Gasteiger partial charge < -0.3 is 14.5 Å².